The molecule has 1 N–H and O–H groups in total. The van der Waals surface area contributed by atoms with Gasteiger partial charge in [-0.3, -0.25) is 4.79 Å². The van der Waals surface area contributed by atoms with Crippen LogP contribution >= 0.6 is 0 Å². The van der Waals surface area contributed by atoms with Crippen LogP contribution in [0.3, 0.4) is 0 Å². The number of nitrogens with zero attached hydrogens (tertiary/aromatic N) is 4. The van der Waals surface area contributed by atoms with Crippen LogP contribution in [0.1, 0.15) is 19.9 Å². The molecule has 7 nitrogen and oxygen atoms in total. The van der Waals surface area contributed by atoms with Crippen LogP contribution in [-0.2, 0) is 4.79 Å². The highest BCUT2D eigenvalue weighted by Gasteiger charge is 2.26. The quantitative estimate of drug-likeness (QED) is 0.791. The molecule has 3 aromatic rings. The van der Waals surface area contributed by atoms with E-state index in [1.165, 1.54) is 4.68 Å². The van der Waals surface area contributed by atoms with E-state index in [1.807, 2.05) is 30.3 Å². The summed E-state index contributed by atoms with van der Waals surface area (Å²) in [5.41, 5.74) is 0.737. The topological polar surface area (TPSA) is 94.0 Å². The number of para-hydroxylation sites is 1. The monoisotopic (exact) mass is 286 g/mol. The normalized spacial score (nSPS) is 14.2. The predicted octanol–water partition coefficient (Wildman–Crippen LogP) is 2.37. The third kappa shape index (κ3) is 2.26. The van der Waals surface area contributed by atoms with Crippen molar-refractivity contribution < 1.29 is 14.3 Å². The first-order valence-electron chi connectivity index (χ1n) is 6.57. The zero-order valence-electron chi connectivity index (χ0n) is 11.6. The number of aromatic nitrogens is 4. The van der Waals surface area contributed by atoms with E-state index in [9.17, 15) is 4.79 Å². The maximum atomic E-state index is 11.1. The fourth-order valence-corrected chi connectivity index (χ4v) is 2.14. The first-order chi connectivity index (χ1) is 10.1. The van der Waals surface area contributed by atoms with E-state index in [1.54, 1.807) is 13.8 Å². The third-order valence-corrected chi connectivity index (χ3v) is 3.64. The zero-order valence-corrected chi connectivity index (χ0v) is 11.6. The number of rotatable bonds is 4. The molecule has 0 amide bonds. The second kappa shape index (κ2) is 5.01. The van der Waals surface area contributed by atoms with Gasteiger partial charge in [-0.2, -0.15) is 0 Å². The van der Waals surface area contributed by atoms with E-state index < -0.39 is 11.9 Å². The minimum Gasteiger partial charge on any atom is -0.481 e. The number of carbonyl (C=O) groups is 1. The van der Waals surface area contributed by atoms with Gasteiger partial charge in [0, 0.05) is 5.39 Å². The van der Waals surface area contributed by atoms with Crippen molar-refractivity contribution in [3.63, 3.8) is 0 Å². The first kappa shape index (κ1) is 13.3. The van der Waals surface area contributed by atoms with E-state index >= 15 is 0 Å². The number of carboxylic acid groups (broad SMARTS) is 1. The van der Waals surface area contributed by atoms with E-state index in [0.29, 0.717) is 11.6 Å². The Morgan fingerprint density at radius 3 is 2.81 bits per heavy atom. The van der Waals surface area contributed by atoms with Gasteiger partial charge in [-0.15, -0.1) is 5.10 Å². The van der Waals surface area contributed by atoms with Crippen molar-refractivity contribution in [2.24, 2.45) is 5.92 Å². The van der Waals surface area contributed by atoms with Gasteiger partial charge in [0.1, 0.15) is 5.58 Å². The Morgan fingerprint density at radius 2 is 2.10 bits per heavy atom. The molecule has 0 bridgehead atoms. The van der Waals surface area contributed by atoms with Crippen LogP contribution < -0.4 is 0 Å². The Hall–Kier alpha value is -2.70. The van der Waals surface area contributed by atoms with Crippen LogP contribution in [-0.4, -0.2) is 31.3 Å². The Labute approximate surface area is 120 Å². The summed E-state index contributed by atoms with van der Waals surface area (Å²) in [6.45, 7) is 3.39. The van der Waals surface area contributed by atoms with Crippen molar-refractivity contribution in [3.05, 3.63) is 30.3 Å². The Balaban J connectivity index is 2.04. The van der Waals surface area contributed by atoms with Crippen molar-refractivity contribution in [1.82, 2.24) is 20.2 Å². The number of furan rings is 1. The zero-order chi connectivity index (χ0) is 15.0. The van der Waals surface area contributed by atoms with Crippen LogP contribution in [0.2, 0.25) is 0 Å². The van der Waals surface area contributed by atoms with Crippen molar-refractivity contribution in [2.75, 3.05) is 0 Å². The summed E-state index contributed by atoms with van der Waals surface area (Å²) in [7, 11) is 0. The van der Waals surface area contributed by atoms with Crippen LogP contribution in [0.25, 0.3) is 22.6 Å². The molecular weight excluding hydrogens is 272 g/mol. The van der Waals surface area contributed by atoms with E-state index in [-0.39, 0.29) is 6.04 Å². The van der Waals surface area contributed by atoms with Gasteiger partial charge in [0.05, 0.1) is 12.0 Å². The van der Waals surface area contributed by atoms with Gasteiger partial charge in [0.2, 0.25) is 5.82 Å². The molecule has 0 aliphatic heterocycles. The summed E-state index contributed by atoms with van der Waals surface area (Å²) < 4.78 is 7.22. The van der Waals surface area contributed by atoms with Crippen LogP contribution in [0, 0.1) is 5.92 Å². The maximum absolute atomic E-state index is 11.1. The second-order valence-corrected chi connectivity index (χ2v) is 4.96. The van der Waals surface area contributed by atoms with Crippen LogP contribution in [0.5, 0.6) is 0 Å². The smallest absolute Gasteiger partial charge is 0.308 e. The number of hydrogen-bond acceptors (Lipinski definition) is 5. The average molecular weight is 286 g/mol. The minimum absolute atomic E-state index is 0.388. The number of tetrazole rings is 1. The minimum atomic E-state index is -0.895. The summed E-state index contributed by atoms with van der Waals surface area (Å²) >= 11 is 0. The molecule has 0 aliphatic carbocycles. The second-order valence-electron chi connectivity index (χ2n) is 4.96. The molecule has 1 aromatic carbocycles. The molecule has 21 heavy (non-hydrogen) atoms. The van der Waals surface area contributed by atoms with E-state index in [0.717, 1.165) is 11.0 Å². The number of benzene rings is 1. The number of carboxylic acids is 1. The summed E-state index contributed by atoms with van der Waals surface area (Å²) in [6, 6.07) is 9.04. The Kier molecular flexibility index (Phi) is 3.17. The number of fused-ring (bicyclic) bond motifs is 1. The molecule has 3 rings (SSSR count). The fourth-order valence-electron chi connectivity index (χ4n) is 2.14. The molecule has 0 saturated heterocycles. The number of hydrogen-bond donors (Lipinski definition) is 1. The Morgan fingerprint density at radius 1 is 1.33 bits per heavy atom. The van der Waals surface area contributed by atoms with Gasteiger partial charge in [0.15, 0.2) is 5.76 Å². The maximum Gasteiger partial charge on any atom is 0.308 e. The van der Waals surface area contributed by atoms with Crippen molar-refractivity contribution in [3.8, 4) is 11.6 Å². The van der Waals surface area contributed by atoms with Crippen molar-refractivity contribution in [1.29, 1.82) is 0 Å². The summed E-state index contributed by atoms with van der Waals surface area (Å²) in [4.78, 5) is 11.1. The highest BCUT2D eigenvalue weighted by Crippen LogP contribution is 2.28. The van der Waals surface area contributed by atoms with E-state index in [2.05, 4.69) is 15.5 Å². The largest absolute Gasteiger partial charge is 0.481 e. The standard InChI is InChI=1S/C14H14N4O3/c1-8(14(19)20)9(2)18-13(15-16-17-18)12-7-10-5-3-4-6-11(10)21-12/h3-9H,1-2H3,(H,19,20). The summed E-state index contributed by atoms with van der Waals surface area (Å²) in [5, 5.41) is 21.6. The van der Waals surface area contributed by atoms with Gasteiger partial charge < -0.3 is 9.52 Å². The molecule has 0 spiro atoms. The summed E-state index contributed by atoms with van der Waals surface area (Å²) in [5.74, 6) is -0.567. The van der Waals surface area contributed by atoms with Crippen molar-refractivity contribution in [2.45, 2.75) is 19.9 Å². The third-order valence-electron chi connectivity index (χ3n) is 3.64. The van der Waals surface area contributed by atoms with Crippen molar-refractivity contribution >= 4 is 16.9 Å². The Bertz CT molecular complexity index is 759. The molecule has 0 fully saturated rings. The molecule has 2 unspecified atom stereocenters. The molecule has 0 saturated carbocycles. The average Bonchev–Trinajstić information content (AvgIpc) is 3.11. The molecule has 108 valence electrons. The molecule has 2 aromatic heterocycles. The SMILES string of the molecule is CC(C(=O)O)C(C)n1nnnc1-c1cc2ccccc2o1. The molecule has 0 radical (unpaired) electrons. The lowest BCUT2D eigenvalue weighted by Gasteiger charge is -2.16. The number of aliphatic carboxylic acids is 1. The van der Waals surface area contributed by atoms with Gasteiger partial charge in [0.25, 0.3) is 0 Å². The van der Waals surface area contributed by atoms with Gasteiger partial charge >= 0.3 is 5.97 Å². The van der Waals surface area contributed by atoms with Gasteiger partial charge in [-0.25, -0.2) is 4.68 Å². The lowest BCUT2D eigenvalue weighted by molar-refractivity contribution is -0.142. The molecule has 2 heterocycles. The van der Waals surface area contributed by atoms with E-state index in [4.69, 9.17) is 9.52 Å². The van der Waals surface area contributed by atoms with Gasteiger partial charge in [-0.1, -0.05) is 18.2 Å². The van der Waals surface area contributed by atoms with Gasteiger partial charge in [-0.05, 0) is 36.4 Å². The fraction of sp³-hybridized carbons (Fsp3) is 0.286. The summed E-state index contributed by atoms with van der Waals surface area (Å²) in [6.07, 6.45) is 0. The lowest BCUT2D eigenvalue weighted by atomic mass is 10.0. The first-order valence-corrected chi connectivity index (χ1v) is 6.57. The molecule has 7 heteroatoms. The van der Waals surface area contributed by atoms with Crippen LogP contribution in [0.4, 0.5) is 0 Å². The van der Waals surface area contributed by atoms with Crippen LogP contribution in [0.15, 0.2) is 34.7 Å². The lowest BCUT2D eigenvalue weighted by Crippen LogP contribution is -2.23. The predicted molar refractivity (Wildman–Crippen MR) is 74.5 cm³/mol. The molecule has 2 atom stereocenters. The molecule has 0 aliphatic rings. The highest BCUT2D eigenvalue weighted by atomic mass is 16.4. The molecular formula is C14H14N4O3. The highest BCUT2D eigenvalue weighted by molar-refractivity contribution is 5.81.